The van der Waals surface area contributed by atoms with E-state index in [2.05, 4.69) is 28.1 Å². The molecule has 0 aromatic heterocycles. The second kappa shape index (κ2) is 8.97. The molecule has 0 aliphatic heterocycles. The van der Waals surface area contributed by atoms with Gasteiger partial charge >= 0.3 is 0 Å². The summed E-state index contributed by atoms with van der Waals surface area (Å²) in [5.41, 5.74) is 0. The van der Waals surface area contributed by atoms with Crippen molar-refractivity contribution < 1.29 is 14.3 Å². The van der Waals surface area contributed by atoms with Gasteiger partial charge < -0.3 is 14.3 Å². The molecule has 0 radical (unpaired) electrons. The third-order valence-corrected chi connectivity index (χ3v) is 2.46. The van der Waals surface area contributed by atoms with Gasteiger partial charge in [-0.1, -0.05) is 32.6 Å². The zero-order chi connectivity index (χ0) is 12.4. The van der Waals surface area contributed by atoms with Crippen LogP contribution in [0.15, 0.2) is 0 Å². The van der Waals surface area contributed by atoms with Crippen molar-refractivity contribution in [2.45, 2.75) is 45.1 Å². The molecule has 0 bridgehead atoms. The Hall–Kier alpha value is -0.120. The fourth-order valence-corrected chi connectivity index (χ4v) is 1.71. The molecule has 0 spiro atoms. The summed E-state index contributed by atoms with van der Waals surface area (Å²) >= 11 is 0. The van der Waals surface area contributed by atoms with E-state index in [-0.39, 0.29) is 6.10 Å². The van der Waals surface area contributed by atoms with Crippen LogP contribution in [0.25, 0.3) is 0 Å². The Morgan fingerprint density at radius 1 is 1.06 bits per heavy atom. The maximum Gasteiger partial charge on any atom is 0.126 e. The van der Waals surface area contributed by atoms with Gasteiger partial charge in [0.2, 0.25) is 0 Å². The predicted octanol–water partition coefficient (Wildman–Crippen LogP) is 2.04. The minimum absolute atomic E-state index is 0.337. The van der Waals surface area contributed by atoms with Crippen molar-refractivity contribution in [2.75, 3.05) is 40.9 Å². The Morgan fingerprint density at radius 3 is 2.25 bits per heavy atom. The van der Waals surface area contributed by atoms with Gasteiger partial charge in [-0.3, -0.25) is 0 Å². The number of ether oxygens (including phenoxy) is 1. The molecule has 0 saturated heterocycles. The normalized spacial score (nSPS) is 14.1. The van der Waals surface area contributed by atoms with E-state index < -0.39 is 0 Å². The monoisotopic (exact) mass is 232 g/mol. The molecule has 0 aromatic carbocycles. The lowest BCUT2D eigenvalue weighted by Crippen LogP contribution is -2.43. The zero-order valence-electron chi connectivity index (χ0n) is 11.5. The Balaban J connectivity index is 3.25. The quantitative estimate of drug-likeness (QED) is 0.461. The van der Waals surface area contributed by atoms with Crippen LogP contribution in [-0.4, -0.2) is 56.6 Å². The van der Waals surface area contributed by atoms with Crippen molar-refractivity contribution in [3.05, 3.63) is 0 Å². The van der Waals surface area contributed by atoms with Gasteiger partial charge in [0.1, 0.15) is 12.6 Å². The molecule has 0 aliphatic rings. The maximum absolute atomic E-state index is 9.68. The van der Waals surface area contributed by atoms with E-state index >= 15 is 0 Å². The smallest absolute Gasteiger partial charge is 0.126 e. The third-order valence-electron chi connectivity index (χ3n) is 2.46. The Labute approximate surface area is 101 Å². The van der Waals surface area contributed by atoms with Gasteiger partial charge in [0.15, 0.2) is 0 Å². The molecular formula is C13H30NO2+. The van der Waals surface area contributed by atoms with Crippen molar-refractivity contribution in [1.29, 1.82) is 0 Å². The largest absolute Gasteiger partial charge is 0.385 e. The molecule has 0 rings (SSSR count). The average molecular weight is 232 g/mol. The van der Waals surface area contributed by atoms with E-state index in [1.165, 1.54) is 25.7 Å². The second-order valence-corrected chi connectivity index (χ2v) is 5.62. The molecular weight excluding hydrogens is 202 g/mol. The van der Waals surface area contributed by atoms with Crippen molar-refractivity contribution in [3.8, 4) is 0 Å². The van der Waals surface area contributed by atoms with Gasteiger partial charge in [-0.15, -0.1) is 0 Å². The molecule has 0 amide bonds. The van der Waals surface area contributed by atoms with E-state index in [9.17, 15) is 5.11 Å². The molecule has 1 atom stereocenters. The average Bonchev–Trinajstić information content (AvgIpc) is 2.13. The molecule has 0 fully saturated rings. The molecule has 0 aromatic rings. The highest BCUT2D eigenvalue weighted by atomic mass is 16.5. The van der Waals surface area contributed by atoms with Crippen LogP contribution in [0.1, 0.15) is 39.0 Å². The number of hydrogen-bond acceptors (Lipinski definition) is 2. The van der Waals surface area contributed by atoms with Crippen LogP contribution >= 0.6 is 0 Å². The summed E-state index contributed by atoms with van der Waals surface area (Å²) in [6, 6.07) is 0. The van der Waals surface area contributed by atoms with Gasteiger partial charge in [-0.25, -0.2) is 0 Å². The van der Waals surface area contributed by atoms with Gasteiger partial charge in [0, 0.05) is 6.61 Å². The summed E-state index contributed by atoms with van der Waals surface area (Å²) in [4.78, 5) is 0. The highest BCUT2D eigenvalue weighted by Gasteiger charge is 2.14. The van der Waals surface area contributed by atoms with E-state index in [0.717, 1.165) is 24.1 Å². The van der Waals surface area contributed by atoms with Crippen molar-refractivity contribution >= 4 is 0 Å². The summed E-state index contributed by atoms with van der Waals surface area (Å²) in [6.07, 6.45) is 5.95. The number of likely N-dealkylation sites (N-methyl/N-ethyl adjacent to an activating group) is 1. The molecule has 98 valence electrons. The van der Waals surface area contributed by atoms with Gasteiger partial charge in [-0.05, 0) is 6.42 Å². The minimum Gasteiger partial charge on any atom is -0.385 e. The first-order valence-corrected chi connectivity index (χ1v) is 6.52. The second-order valence-electron chi connectivity index (χ2n) is 5.62. The maximum atomic E-state index is 9.68. The number of unbranched alkanes of at least 4 members (excludes halogenated alkanes) is 4. The number of aliphatic hydroxyl groups is 1. The lowest BCUT2D eigenvalue weighted by Gasteiger charge is -2.26. The fourth-order valence-electron chi connectivity index (χ4n) is 1.71. The molecule has 1 unspecified atom stereocenters. The highest BCUT2D eigenvalue weighted by Crippen LogP contribution is 2.03. The van der Waals surface area contributed by atoms with Crippen LogP contribution in [0, 0.1) is 0 Å². The number of hydrogen-bond donors (Lipinski definition) is 1. The van der Waals surface area contributed by atoms with E-state index in [1.807, 2.05) is 0 Å². The summed E-state index contributed by atoms with van der Waals surface area (Å²) in [7, 11) is 6.23. The lowest BCUT2D eigenvalue weighted by atomic mass is 10.2. The van der Waals surface area contributed by atoms with Crippen molar-refractivity contribution in [3.63, 3.8) is 0 Å². The van der Waals surface area contributed by atoms with Crippen LogP contribution in [0.2, 0.25) is 0 Å². The highest BCUT2D eigenvalue weighted by molar-refractivity contribution is 4.51. The predicted molar refractivity (Wildman–Crippen MR) is 68.5 cm³/mol. The van der Waals surface area contributed by atoms with Crippen LogP contribution in [0.4, 0.5) is 0 Å². The zero-order valence-corrected chi connectivity index (χ0v) is 11.5. The summed E-state index contributed by atoms with van der Waals surface area (Å²) < 4.78 is 6.24. The third kappa shape index (κ3) is 12.0. The minimum atomic E-state index is -0.337. The number of nitrogens with zero attached hydrogens (tertiary/aromatic N) is 1. The number of quaternary nitrogens is 1. The molecule has 0 aliphatic carbocycles. The number of aliphatic hydroxyl groups excluding tert-OH is 1. The molecule has 16 heavy (non-hydrogen) atoms. The molecule has 0 heterocycles. The van der Waals surface area contributed by atoms with Gasteiger partial charge in [0.25, 0.3) is 0 Å². The Bertz CT molecular complexity index is 155. The first kappa shape index (κ1) is 15.9. The van der Waals surface area contributed by atoms with Crippen LogP contribution < -0.4 is 0 Å². The Kier molecular flexibility index (Phi) is 8.90. The molecule has 3 nitrogen and oxygen atoms in total. The van der Waals surface area contributed by atoms with Crippen molar-refractivity contribution in [2.24, 2.45) is 0 Å². The number of rotatable bonds is 10. The molecule has 1 N–H and O–H groups in total. The lowest BCUT2D eigenvalue weighted by molar-refractivity contribution is -0.873. The summed E-state index contributed by atoms with van der Waals surface area (Å²) in [5, 5.41) is 9.68. The first-order valence-electron chi connectivity index (χ1n) is 6.52. The van der Waals surface area contributed by atoms with E-state index in [1.54, 1.807) is 0 Å². The van der Waals surface area contributed by atoms with E-state index in [4.69, 9.17) is 4.74 Å². The SMILES string of the molecule is CCCCCCCOCC(O)C[N+](C)(C)C. The topological polar surface area (TPSA) is 29.5 Å². The van der Waals surface area contributed by atoms with Crippen LogP contribution in [-0.2, 0) is 4.74 Å². The summed E-state index contributed by atoms with van der Waals surface area (Å²) in [6.45, 7) is 4.23. The van der Waals surface area contributed by atoms with Gasteiger partial charge in [0.05, 0.1) is 27.7 Å². The van der Waals surface area contributed by atoms with Crippen molar-refractivity contribution in [1.82, 2.24) is 0 Å². The van der Waals surface area contributed by atoms with E-state index in [0.29, 0.717) is 6.61 Å². The first-order chi connectivity index (χ1) is 7.45. The standard InChI is InChI=1S/C13H30NO2/c1-5-6-7-8-9-10-16-12-13(15)11-14(2,3)4/h13,15H,5-12H2,1-4H3/q+1. The van der Waals surface area contributed by atoms with Gasteiger partial charge in [-0.2, -0.15) is 0 Å². The molecule has 3 heteroatoms. The van der Waals surface area contributed by atoms with Crippen LogP contribution in [0.5, 0.6) is 0 Å². The Morgan fingerprint density at radius 2 is 1.69 bits per heavy atom. The fraction of sp³-hybridized carbons (Fsp3) is 1.00. The molecule has 0 saturated carbocycles. The summed E-state index contributed by atoms with van der Waals surface area (Å²) in [5.74, 6) is 0. The van der Waals surface area contributed by atoms with Crippen LogP contribution in [0.3, 0.4) is 0 Å².